The minimum absolute atomic E-state index is 0.216. The van der Waals surface area contributed by atoms with Gasteiger partial charge < -0.3 is 5.43 Å². The molecular formula is C10H14BrN3. The first kappa shape index (κ1) is 11.2. The van der Waals surface area contributed by atoms with Gasteiger partial charge in [0, 0.05) is 16.1 Å². The lowest BCUT2D eigenvalue weighted by atomic mass is 10.2. The fourth-order valence-corrected chi connectivity index (χ4v) is 1.57. The molecule has 14 heavy (non-hydrogen) atoms. The number of nitrogens with two attached hydrogens (primary N) is 1. The van der Waals surface area contributed by atoms with Crippen molar-refractivity contribution in [2.24, 2.45) is 10.8 Å². The van der Waals surface area contributed by atoms with Crippen LogP contribution >= 0.6 is 15.9 Å². The highest BCUT2D eigenvalue weighted by atomic mass is 79.9. The molecule has 4 heteroatoms. The highest BCUT2D eigenvalue weighted by Gasteiger charge is 2.05. The van der Waals surface area contributed by atoms with Crippen LogP contribution in [-0.4, -0.2) is 11.9 Å². The van der Waals surface area contributed by atoms with Crippen LogP contribution in [0.4, 0.5) is 0 Å². The van der Waals surface area contributed by atoms with E-state index in [9.17, 15) is 0 Å². The number of hydrogen-bond acceptors (Lipinski definition) is 2. The van der Waals surface area contributed by atoms with E-state index in [-0.39, 0.29) is 6.04 Å². The molecule has 0 heterocycles. The van der Waals surface area contributed by atoms with Crippen LogP contribution in [0.25, 0.3) is 0 Å². The van der Waals surface area contributed by atoms with Gasteiger partial charge in [-0.15, -0.1) is 0 Å². The second-order valence-electron chi connectivity index (χ2n) is 3.20. The largest absolute Gasteiger partial charge is 0.308 e. The van der Waals surface area contributed by atoms with Crippen molar-refractivity contribution in [3.8, 4) is 0 Å². The fraction of sp³-hybridized carbons (Fsp3) is 0.300. The average molecular weight is 256 g/mol. The van der Waals surface area contributed by atoms with Crippen LogP contribution in [-0.2, 0) is 0 Å². The van der Waals surface area contributed by atoms with E-state index in [1.165, 1.54) is 0 Å². The van der Waals surface area contributed by atoms with Crippen molar-refractivity contribution in [2.45, 2.75) is 19.9 Å². The molecule has 0 amide bonds. The van der Waals surface area contributed by atoms with E-state index in [1.807, 2.05) is 38.1 Å². The number of rotatable bonds is 2. The van der Waals surface area contributed by atoms with Gasteiger partial charge in [0.2, 0.25) is 0 Å². The standard InChI is InChI=1S/C10H14BrN3/c1-7(2)13-10(14-12)8-5-3-4-6-9(8)11/h3-7H,12H2,1-2H3,(H,13,14). The molecule has 1 aromatic rings. The topological polar surface area (TPSA) is 50.4 Å². The van der Waals surface area contributed by atoms with Gasteiger partial charge in [0.05, 0.1) is 0 Å². The van der Waals surface area contributed by atoms with Crippen molar-refractivity contribution in [1.29, 1.82) is 0 Å². The van der Waals surface area contributed by atoms with E-state index in [1.54, 1.807) is 0 Å². The lowest BCUT2D eigenvalue weighted by Gasteiger charge is -2.09. The first-order valence-corrected chi connectivity index (χ1v) is 5.23. The molecular weight excluding hydrogens is 242 g/mol. The summed E-state index contributed by atoms with van der Waals surface area (Å²) in [6, 6.07) is 8.05. The van der Waals surface area contributed by atoms with Gasteiger partial charge in [0.25, 0.3) is 0 Å². The zero-order valence-corrected chi connectivity index (χ0v) is 9.88. The molecule has 0 fully saturated rings. The van der Waals surface area contributed by atoms with Crippen LogP contribution in [0.5, 0.6) is 0 Å². The summed E-state index contributed by atoms with van der Waals surface area (Å²) in [5.74, 6) is 6.12. The Labute approximate surface area is 92.5 Å². The summed E-state index contributed by atoms with van der Waals surface area (Å²) >= 11 is 3.45. The lowest BCUT2D eigenvalue weighted by Crippen LogP contribution is -2.32. The highest BCUT2D eigenvalue weighted by molar-refractivity contribution is 9.10. The Morgan fingerprint density at radius 1 is 1.43 bits per heavy atom. The molecule has 1 aromatic carbocycles. The Hall–Kier alpha value is -0.870. The summed E-state index contributed by atoms with van der Waals surface area (Å²) in [5, 5.41) is 0. The number of benzene rings is 1. The molecule has 0 atom stereocenters. The van der Waals surface area contributed by atoms with Crippen LogP contribution in [0.2, 0.25) is 0 Å². The molecule has 0 saturated carbocycles. The number of nitrogens with one attached hydrogen (secondary N) is 1. The minimum atomic E-state index is 0.216. The molecule has 0 bridgehead atoms. The number of halogens is 1. The van der Waals surface area contributed by atoms with Crippen molar-refractivity contribution in [3.05, 3.63) is 34.3 Å². The summed E-state index contributed by atoms with van der Waals surface area (Å²) < 4.78 is 0.984. The van der Waals surface area contributed by atoms with Gasteiger partial charge in [0.1, 0.15) is 5.84 Å². The molecule has 3 nitrogen and oxygen atoms in total. The van der Waals surface area contributed by atoms with Crippen molar-refractivity contribution < 1.29 is 0 Å². The molecule has 0 radical (unpaired) electrons. The van der Waals surface area contributed by atoms with Crippen LogP contribution in [0, 0.1) is 0 Å². The molecule has 0 aliphatic carbocycles. The Bertz CT molecular complexity index is 334. The van der Waals surface area contributed by atoms with Gasteiger partial charge in [-0.3, -0.25) is 4.99 Å². The van der Waals surface area contributed by atoms with Crippen molar-refractivity contribution in [1.82, 2.24) is 5.43 Å². The normalized spacial score (nSPS) is 11.9. The molecule has 1 rings (SSSR count). The maximum atomic E-state index is 5.42. The fourth-order valence-electron chi connectivity index (χ4n) is 1.10. The molecule has 0 aliphatic heterocycles. The predicted molar refractivity (Wildman–Crippen MR) is 63.1 cm³/mol. The minimum Gasteiger partial charge on any atom is -0.308 e. The second-order valence-corrected chi connectivity index (χ2v) is 4.05. The van der Waals surface area contributed by atoms with E-state index in [2.05, 4.69) is 26.3 Å². The SMILES string of the molecule is CC(C)N=C(NN)c1ccccc1Br. The van der Waals surface area contributed by atoms with Crippen LogP contribution in [0.3, 0.4) is 0 Å². The Kier molecular flexibility index (Phi) is 4.10. The Balaban J connectivity index is 3.07. The maximum Gasteiger partial charge on any atom is 0.143 e. The number of aliphatic imine (C=N–C) groups is 1. The zero-order valence-electron chi connectivity index (χ0n) is 8.29. The van der Waals surface area contributed by atoms with Crippen molar-refractivity contribution >= 4 is 21.8 Å². The highest BCUT2D eigenvalue weighted by Crippen LogP contribution is 2.16. The van der Waals surface area contributed by atoms with E-state index in [0.717, 1.165) is 10.0 Å². The van der Waals surface area contributed by atoms with E-state index in [4.69, 9.17) is 5.84 Å². The molecule has 0 aromatic heterocycles. The van der Waals surface area contributed by atoms with Crippen LogP contribution < -0.4 is 11.3 Å². The van der Waals surface area contributed by atoms with Gasteiger partial charge in [-0.25, -0.2) is 5.84 Å². The van der Waals surface area contributed by atoms with Crippen LogP contribution in [0.1, 0.15) is 19.4 Å². The second kappa shape index (κ2) is 5.12. The quantitative estimate of drug-likeness (QED) is 0.368. The Morgan fingerprint density at radius 2 is 2.07 bits per heavy atom. The predicted octanol–water partition coefficient (Wildman–Crippen LogP) is 2.07. The van der Waals surface area contributed by atoms with Gasteiger partial charge in [-0.05, 0) is 19.9 Å². The Morgan fingerprint density at radius 3 is 2.57 bits per heavy atom. The van der Waals surface area contributed by atoms with Gasteiger partial charge in [0.15, 0.2) is 0 Å². The van der Waals surface area contributed by atoms with E-state index in [0.29, 0.717) is 5.84 Å². The monoisotopic (exact) mass is 255 g/mol. The summed E-state index contributed by atoms with van der Waals surface area (Å²) in [4.78, 5) is 4.38. The summed E-state index contributed by atoms with van der Waals surface area (Å²) in [5.41, 5.74) is 3.59. The van der Waals surface area contributed by atoms with Crippen molar-refractivity contribution in [2.75, 3.05) is 0 Å². The lowest BCUT2D eigenvalue weighted by molar-refractivity contribution is 0.820. The van der Waals surface area contributed by atoms with Gasteiger partial charge >= 0.3 is 0 Å². The third-order valence-corrected chi connectivity index (χ3v) is 2.34. The van der Waals surface area contributed by atoms with E-state index < -0.39 is 0 Å². The third kappa shape index (κ3) is 2.82. The zero-order chi connectivity index (χ0) is 10.6. The van der Waals surface area contributed by atoms with Crippen LogP contribution in [0.15, 0.2) is 33.7 Å². The summed E-state index contributed by atoms with van der Waals surface area (Å²) in [6.07, 6.45) is 0. The van der Waals surface area contributed by atoms with Crippen molar-refractivity contribution in [3.63, 3.8) is 0 Å². The third-order valence-electron chi connectivity index (χ3n) is 1.65. The molecule has 0 aliphatic rings. The first-order valence-electron chi connectivity index (χ1n) is 4.44. The van der Waals surface area contributed by atoms with Gasteiger partial charge in [-0.1, -0.05) is 34.1 Å². The number of nitrogens with zero attached hydrogens (tertiary/aromatic N) is 1. The molecule has 0 spiro atoms. The number of amidine groups is 1. The molecule has 76 valence electrons. The number of hydrogen-bond donors (Lipinski definition) is 2. The summed E-state index contributed by atoms with van der Waals surface area (Å²) in [7, 11) is 0. The maximum absolute atomic E-state index is 5.42. The van der Waals surface area contributed by atoms with Gasteiger partial charge in [-0.2, -0.15) is 0 Å². The molecule has 0 saturated heterocycles. The molecule has 3 N–H and O–H groups in total. The molecule has 0 unspecified atom stereocenters. The number of hydrazine groups is 1. The average Bonchev–Trinajstić information content (AvgIpc) is 2.15. The smallest absolute Gasteiger partial charge is 0.143 e. The summed E-state index contributed by atoms with van der Waals surface area (Å²) in [6.45, 7) is 4.02. The van der Waals surface area contributed by atoms with E-state index >= 15 is 0 Å². The first-order chi connectivity index (χ1) is 6.65.